The van der Waals surface area contributed by atoms with Crippen LogP contribution in [0, 0.1) is 19.8 Å². The van der Waals surface area contributed by atoms with Crippen LogP contribution in [0.5, 0.6) is 0 Å². The first-order valence-corrected chi connectivity index (χ1v) is 11.2. The number of aliphatic imine (C=N–C) groups is 1. The van der Waals surface area contributed by atoms with E-state index in [-0.39, 0.29) is 0 Å². The van der Waals surface area contributed by atoms with Crippen molar-refractivity contribution >= 4 is 17.6 Å². The van der Waals surface area contributed by atoms with E-state index in [1.165, 1.54) is 0 Å². The van der Waals surface area contributed by atoms with Crippen LogP contribution in [-0.4, -0.2) is 54.0 Å². The topological polar surface area (TPSA) is 56.9 Å². The third-order valence-corrected chi connectivity index (χ3v) is 6.07. The van der Waals surface area contributed by atoms with Crippen molar-refractivity contribution < 1.29 is 4.42 Å². The first-order chi connectivity index (χ1) is 14.5. The molecule has 0 bridgehead atoms. The van der Waals surface area contributed by atoms with Gasteiger partial charge in [-0.05, 0) is 64.3 Å². The summed E-state index contributed by atoms with van der Waals surface area (Å²) in [5.74, 6) is 3.30. The number of benzene rings is 1. The van der Waals surface area contributed by atoms with Crippen molar-refractivity contribution in [3.8, 4) is 0 Å². The molecular formula is C23H34ClN5O. The zero-order chi connectivity index (χ0) is 21.5. The zero-order valence-corrected chi connectivity index (χ0v) is 19.4. The van der Waals surface area contributed by atoms with Crippen molar-refractivity contribution in [1.82, 2.24) is 20.1 Å². The van der Waals surface area contributed by atoms with E-state index in [0.29, 0.717) is 5.92 Å². The Labute approximate surface area is 185 Å². The number of nitrogens with one attached hydrogen (secondary N) is 1. The molecule has 1 N–H and O–H groups in total. The highest BCUT2D eigenvalue weighted by Gasteiger charge is 2.21. The van der Waals surface area contributed by atoms with Crippen LogP contribution < -0.4 is 5.32 Å². The molecule has 0 spiro atoms. The van der Waals surface area contributed by atoms with E-state index in [2.05, 4.69) is 40.1 Å². The van der Waals surface area contributed by atoms with Gasteiger partial charge in [-0.2, -0.15) is 0 Å². The summed E-state index contributed by atoms with van der Waals surface area (Å²) < 4.78 is 5.74. The van der Waals surface area contributed by atoms with Crippen LogP contribution in [0.25, 0.3) is 0 Å². The molecule has 1 aliphatic heterocycles. The molecular weight excluding hydrogens is 398 g/mol. The number of piperidine rings is 1. The van der Waals surface area contributed by atoms with Crippen LogP contribution in [0.1, 0.15) is 42.7 Å². The third kappa shape index (κ3) is 6.22. The molecule has 1 aliphatic rings. The molecule has 7 heteroatoms. The third-order valence-electron chi connectivity index (χ3n) is 5.70. The molecule has 0 aliphatic carbocycles. The number of guanidine groups is 1. The Morgan fingerprint density at radius 3 is 2.67 bits per heavy atom. The monoisotopic (exact) mass is 431 g/mol. The summed E-state index contributed by atoms with van der Waals surface area (Å²) in [6.07, 6.45) is 2.30. The van der Waals surface area contributed by atoms with Gasteiger partial charge in [0.25, 0.3) is 0 Å². The summed E-state index contributed by atoms with van der Waals surface area (Å²) in [6, 6.07) is 7.98. The number of aromatic nitrogens is 1. The van der Waals surface area contributed by atoms with E-state index in [1.807, 2.05) is 32.0 Å². The summed E-state index contributed by atoms with van der Waals surface area (Å²) in [5.41, 5.74) is 2.10. The van der Waals surface area contributed by atoms with Crippen LogP contribution >= 0.6 is 11.6 Å². The van der Waals surface area contributed by atoms with Gasteiger partial charge < -0.3 is 14.6 Å². The van der Waals surface area contributed by atoms with Gasteiger partial charge in [0.05, 0.1) is 12.2 Å². The fraction of sp³-hybridized carbons (Fsp3) is 0.565. The quantitative estimate of drug-likeness (QED) is 0.524. The van der Waals surface area contributed by atoms with Crippen LogP contribution in [0.4, 0.5) is 0 Å². The van der Waals surface area contributed by atoms with Crippen molar-refractivity contribution in [3.05, 3.63) is 52.2 Å². The van der Waals surface area contributed by atoms with Gasteiger partial charge in [-0.25, -0.2) is 4.98 Å². The fourth-order valence-corrected chi connectivity index (χ4v) is 3.96. The van der Waals surface area contributed by atoms with E-state index >= 15 is 0 Å². The normalized spacial score (nSPS) is 16.1. The molecule has 0 atom stereocenters. The summed E-state index contributed by atoms with van der Waals surface area (Å²) >= 11 is 6.33. The number of aryl methyl sites for hydroxylation is 2. The molecule has 6 nitrogen and oxygen atoms in total. The molecule has 1 saturated heterocycles. The SMILES string of the molecule is CCNC(=NCC1CCN(Cc2nc(C)c(C)o2)CC1)N(C)Cc1ccccc1Cl. The Hall–Kier alpha value is -2.05. The van der Waals surface area contributed by atoms with E-state index in [9.17, 15) is 0 Å². The smallest absolute Gasteiger partial charge is 0.208 e. The number of hydrogen-bond acceptors (Lipinski definition) is 4. The Morgan fingerprint density at radius 2 is 2.03 bits per heavy atom. The van der Waals surface area contributed by atoms with E-state index in [4.69, 9.17) is 21.0 Å². The molecule has 3 rings (SSSR count). The highest BCUT2D eigenvalue weighted by Crippen LogP contribution is 2.21. The second-order valence-electron chi connectivity index (χ2n) is 8.11. The average molecular weight is 432 g/mol. The van der Waals surface area contributed by atoms with Gasteiger partial charge in [0, 0.05) is 31.7 Å². The van der Waals surface area contributed by atoms with Gasteiger partial charge in [-0.3, -0.25) is 9.89 Å². The minimum atomic E-state index is 0.608. The first-order valence-electron chi connectivity index (χ1n) is 10.8. The average Bonchev–Trinajstić information content (AvgIpc) is 3.04. The molecule has 0 radical (unpaired) electrons. The number of rotatable bonds is 7. The predicted octanol–water partition coefficient (Wildman–Crippen LogP) is 4.25. The lowest BCUT2D eigenvalue weighted by Crippen LogP contribution is -2.39. The van der Waals surface area contributed by atoms with Crippen LogP contribution in [-0.2, 0) is 13.1 Å². The van der Waals surface area contributed by atoms with Crippen LogP contribution in [0.15, 0.2) is 33.7 Å². The number of nitrogens with zero attached hydrogens (tertiary/aromatic N) is 4. The molecule has 0 unspecified atom stereocenters. The van der Waals surface area contributed by atoms with Crippen molar-refractivity contribution in [2.45, 2.75) is 46.7 Å². The molecule has 0 saturated carbocycles. The lowest BCUT2D eigenvalue weighted by molar-refractivity contribution is 0.166. The number of hydrogen-bond donors (Lipinski definition) is 1. The minimum Gasteiger partial charge on any atom is -0.444 e. The first kappa shape index (κ1) is 22.6. The highest BCUT2D eigenvalue weighted by molar-refractivity contribution is 6.31. The maximum Gasteiger partial charge on any atom is 0.208 e. The van der Waals surface area contributed by atoms with Gasteiger partial charge in [0.1, 0.15) is 5.76 Å². The summed E-state index contributed by atoms with van der Waals surface area (Å²) in [7, 11) is 2.06. The van der Waals surface area contributed by atoms with E-state index in [1.54, 1.807) is 0 Å². The number of halogens is 1. The van der Waals surface area contributed by atoms with Gasteiger partial charge >= 0.3 is 0 Å². The van der Waals surface area contributed by atoms with Gasteiger partial charge in [-0.1, -0.05) is 29.8 Å². The molecule has 2 heterocycles. The van der Waals surface area contributed by atoms with Gasteiger partial charge in [0.2, 0.25) is 5.89 Å². The van der Waals surface area contributed by atoms with Gasteiger partial charge in [0.15, 0.2) is 5.96 Å². The van der Waals surface area contributed by atoms with E-state index in [0.717, 1.165) is 86.0 Å². The molecule has 164 valence electrons. The predicted molar refractivity (Wildman–Crippen MR) is 123 cm³/mol. The second-order valence-corrected chi connectivity index (χ2v) is 8.52. The summed E-state index contributed by atoms with van der Waals surface area (Å²) in [5, 5.41) is 4.21. The van der Waals surface area contributed by atoms with Crippen LogP contribution in [0.3, 0.4) is 0 Å². The van der Waals surface area contributed by atoms with Crippen molar-refractivity contribution in [1.29, 1.82) is 0 Å². The number of oxazole rings is 1. The van der Waals surface area contributed by atoms with Crippen molar-refractivity contribution in [2.75, 3.05) is 33.2 Å². The molecule has 2 aromatic rings. The van der Waals surface area contributed by atoms with Crippen molar-refractivity contribution in [3.63, 3.8) is 0 Å². The Balaban J connectivity index is 1.51. The maximum absolute atomic E-state index is 6.33. The standard InChI is InChI=1S/C23H34ClN5O/c1-5-25-23(28(4)15-20-8-6-7-9-21(20)24)26-14-19-10-12-29(13-11-19)16-22-27-17(2)18(3)30-22/h6-9,19H,5,10-16H2,1-4H3,(H,25,26). The molecule has 0 amide bonds. The lowest BCUT2D eigenvalue weighted by Gasteiger charge is -2.30. The maximum atomic E-state index is 6.33. The lowest BCUT2D eigenvalue weighted by atomic mass is 9.97. The highest BCUT2D eigenvalue weighted by atomic mass is 35.5. The zero-order valence-electron chi connectivity index (χ0n) is 18.6. The van der Waals surface area contributed by atoms with E-state index < -0.39 is 0 Å². The second kappa shape index (κ2) is 10.8. The van der Waals surface area contributed by atoms with Crippen LogP contribution in [0.2, 0.25) is 5.02 Å². The Bertz CT molecular complexity index is 822. The summed E-state index contributed by atoms with van der Waals surface area (Å²) in [6.45, 7) is 11.4. The molecule has 30 heavy (non-hydrogen) atoms. The largest absolute Gasteiger partial charge is 0.444 e. The Morgan fingerprint density at radius 1 is 1.30 bits per heavy atom. The minimum absolute atomic E-state index is 0.608. The Kier molecular flexibility index (Phi) is 8.16. The van der Waals surface area contributed by atoms with Gasteiger partial charge in [-0.15, -0.1) is 0 Å². The number of likely N-dealkylation sites (tertiary alicyclic amines) is 1. The van der Waals surface area contributed by atoms with Crippen molar-refractivity contribution in [2.24, 2.45) is 10.9 Å². The molecule has 1 aromatic heterocycles. The summed E-state index contributed by atoms with van der Waals surface area (Å²) in [4.78, 5) is 14.0. The molecule has 1 aromatic carbocycles. The molecule has 1 fully saturated rings. The fourth-order valence-electron chi connectivity index (χ4n) is 3.77.